The molecule has 1 aromatic heterocycles. The monoisotopic (exact) mass is 327 g/mol. The zero-order valence-electron chi connectivity index (χ0n) is 12.8. The highest BCUT2D eigenvalue weighted by atomic mass is 35.5. The highest BCUT2D eigenvalue weighted by Crippen LogP contribution is 2.23. The van der Waals surface area contributed by atoms with E-state index in [9.17, 15) is 4.39 Å². The number of aryl methyl sites for hydroxylation is 1. The van der Waals surface area contributed by atoms with Crippen LogP contribution in [0, 0.1) is 12.7 Å². The maximum absolute atomic E-state index is 13.3. The standard InChI is InChI=1S/C18H15ClFN3/c1-11-8-18(21-17-7-6-14(19)10-16(11)17)23-22-12(2)13-4-3-5-15(20)9-13/h3-10H,1-2H3,(H,21,23)/b22-12+. The zero-order chi connectivity index (χ0) is 16.4. The van der Waals surface area contributed by atoms with Crippen LogP contribution < -0.4 is 5.43 Å². The molecule has 0 aliphatic rings. The van der Waals surface area contributed by atoms with Crippen LogP contribution in [0.15, 0.2) is 53.6 Å². The van der Waals surface area contributed by atoms with E-state index in [4.69, 9.17) is 11.6 Å². The van der Waals surface area contributed by atoms with Gasteiger partial charge in [-0.05, 0) is 55.8 Å². The number of hydrogen-bond acceptors (Lipinski definition) is 3. The fraction of sp³-hybridized carbons (Fsp3) is 0.111. The summed E-state index contributed by atoms with van der Waals surface area (Å²) in [4.78, 5) is 4.51. The molecule has 5 heteroatoms. The summed E-state index contributed by atoms with van der Waals surface area (Å²) < 4.78 is 13.3. The van der Waals surface area contributed by atoms with E-state index in [2.05, 4.69) is 15.5 Å². The number of pyridine rings is 1. The molecule has 1 heterocycles. The van der Waals surface area contributed by atoms with Gasteiger partial charge in [0.15, 0.2) is 0 Å². The predicted octanol–water partition coefficient (Wildman–Crippen LogP) is 5.17. The number of hydrogen-bond donors (Lipinski definition) is 1. The Labute approximate surface area is 138 Å². The van der Waals surface area contributed by atoms with Crippen molar-refractivity contribution in [2.24, 2.45) is 5.10 Å². The maximum Gasteiger partial charge on any atom is 0.147 e. The Morgan fingerprint density at radius 2 is 2.00 bits per heavy atom. The normalized spacial score (nSPS) is 11.7. The van der Waals surface area contributed by atoms with Crippen LogP contribution in [-0.4, -0.2) is 10.7 Å². The van der Waals surface area contributed by atoms with Crippen LogP contribution in [0.5, 0.6) is 0 Å². The van der Waals surface area contributed by atoms with Gasteiger partial charge in [-0.3, -0.25) is 5.43 Å². The lowest BCUT2D eigenvalue weighted by Gasteiger charge is -2.07. The summed E-state index contributed by atoms with van der Waals surface area (Å²) in [7, 11) is 0. The number of halogens is 2. The third-order valence-electron chi connectivity index (χ3n) is 3.56. The first-order valence-electron chi connectivity index (χ1n) is 7.16. The molecule has 0 spiro atoms. The summed E-state index contributed by atoms with van der Waals surface area (Å²) in [5, 5.41) is 5.97. The van der Waals surface area contributed by atoms with Crippen molar-refractivity contribution in [1.82, 2.24) is 4.98 Å². The van der Waals surface area contributed by atoms with Crippen molar-refractivity contribution in [2.45, 2.75) is 13.8 Å². The molecule has 0 fully saturated rings. The van der Waals surface area contributed by atoms with Crippen LogP contribution in [0.3, 0.4) is 0 Å². The van der Waals surface area contributed by atoms with E-state index in [1.54, 1.807) is 12.1 Å². The molecule has 3 nitrogen and oxygen atoms in total. The zero-order valence-corrected chi connectivity index (χ0v) is 13.5. The van der Waals surface area contributed by atoms with E-state index in [1.165, 1.54) is 12.1 Å². The van der Waals surface area contributed by atoms with Gasteiger partial charge >= 0.3 is 0 Å². The van der Waals surface area contributed by atoms with Gasteiger partial charge in [-0.1, -0.05) is 23.7 Å². The summed E-state index contributed by atoms with van der Waals surface area (Å²) >= 11 is 6.02. The van der Waals surface area contributed by atoms with Crippen LogP contribution in [-0.2, 0) is 0 Å². The lowest BCUT2D eigenvalue weighted by molar-refractivity contribution is 0.627. The molecule has 0 bridgehead atoms. The van der Waals surface area contributed by atoms with Crippen LogP contribution >= 0.6 is 11.6 Å². The van der Waals surface area contributed by atoms with Crippen molar-refractivity contribution in [2.75, 3.05) is 5.43 Å². The van der Waals surface area contributed by atoms with Crippen molar-refractivity contribution >= 4 is 34.0 Å². The molecule has 0 radical (unpaired) electrons. The van der Waals surface area contributed by atoms with Crippen LogP contribution in [0.25, 0.3) is 10.9 Å². The number of rotatable bonds is 3. The van der Waals surface area contributed by atoms with Crippen molar-refractivity contribution in [1.29, 1.82) is 0 Å². The Hall–Kier alpha value is -2.46. The third kappa shape index (κ3) is 3.48. The van der Waals surface area contributed by atoms with Crippen LogP contribution in [0.4, 0.5) is 10.2 Å². The molecule has 23 heavy (non-hydrogen) atoms. The number of hydrazone groups is 1. The molecule has 0 saturated heterocycles. The summed E-state index contributed by atoms with van der Waals surface area (Å²) in [6.07, 6.45) is 0. The second-order valence-electron chi connectivity index (χ2n) is 5.31. The Bertz CT molecular complexity index is 906. The lowest BCUT2D eigenvalue weighted by Crippen LogP contribution is -2.01. The average Bonchev–Trinajstić information content (AvgIpc) is 2.53. The molecule has 0 saturated carbocycles. The fourth-order valence-corrected chi connectivity index (χ4v) is 2.52. The fourth-order valence-electron chi connectivity index (χ4n) is 2.34. The van der Waals surface area contributed by atoms with Gasteiger partial charge in [-0.15, -0.1) is 0 Å². The number of anilines is 1. The third-order valence-corrected chi connectivity index (χ3v) is 3.79. The van der Waals surface area contributed by atoms with E-state index >= 15 is 0 Å². The van der Waals surface area contributed by atoms with Crippen LogP contribution in [0.2, 0.25) is 5.02 Å². The van der Waals surface area contributed by atoms with E-state index in [1.807, 2.05) is 38.1 Å². The van der Waals surface area contributed by atoms with Gasteiger partial charge < -0.3 is 0 Å². The molecule has 3 rings (SSSR count). The lowest BCUT2D eigenvalue weighted by atomic mass is 10.1. The minimum absolute atomic E-state index is 0.284. The van der Waals surface area contributed by atoms with E-state index < -0.39 is 0 Å². The topological polar surface area (TPSA) is 37.3 Å². The molecule has 3 aromatic rings. The predicted molar refractivity (Wildman–Crippen MR) is 93.7 cm³/mol. The number of nitrogens with one attached hydrogen (secondary N) is 1. The SMILES string of the molecule is C/C(=N\Nc1cc(C)c2cc(Cl)ccc2n1)c1cccc(F)c1. The number of benzene rings is 2. The largest absolute Gasteiger partial charge is 0.261 e. The minimum Gasteiger partial charge on any atom is -0.261 e. The molecule has 0 unspecified atom stereocenters. The Kier molecular flexibility index (Phi) is 4.26. The second-order valence-corrected chi connectivity index (χ2v) is 5.74. The van der Waals surface area contributed by atoms with Gasteiger partial charge in [-0.2, -0.15) is 5.10 Å². The molecular formula is C18H15ClFN3. The summed E-state index contributed by atoms with van der Waals surface area (Å²) in [5.74, 6) is 0.349. The quantitative estimate of drug-likeness (QED) is 0.532. The first-order valence-corrected chi connectivity index (χ1v) is 7.54. The van der Waals surface area contributed by atoms with Gasteiger partial charge in [0.25, 0.3) is 0 Å². The Balaban J connectivity index is 1.89. The molecule has 1 N–H and O–H groups in total. The Morgan fingerprint density at radius 3 is 2.78 bits per heavy atom. The van der Waals surface area contributed by atoms with Crippen molar-refractivity contribution < 1.29 is 4.39 Å². The van der Waals surface area contributed by atoms with E-state index in [-0.39, 0.29) is 5.82 Å². The van der Waals surface area contributed by atoms with Gasteiger partial charge in [-0.25, -0.2) is 9.37 Å². The highest BCUT2D eigenvalue weighted by molar-refractivity contribution is 6.31. The van der Waals surface area contributed by atoms with Gasteiger partial charge in [0.2, 0.25) is 0 Å². The summed E-state index contributed by atoms with van der Waals surface area (Å²) in [5.41, 5.74) is 6.23. The molecule has 2 aromatic carbocycles. The maximum atomic E-state index is 13.3. The molecular weight excluding hydrogens is 313 g/mol. The smallest absolute Gasteiger partial charge is 0.147 e. The van der Waals surface area contributed by atoms with Gasteiger partial charge in [0.1, 0.15) is 11.6 Å². The summed E-state index contributed by atoms with van der Waals surface area (Å²) in [6, 6.07) is 13.8. The molecule has 0 aliphatic carbocycles. The van der Waals surface area contributed by atoms with E-state index in [0.29, 0.717) is 16.6 Å². The second kappa shape index (κ2) is 6.34. The first-order chi connectivity index (χ1) is 11.0. The highest BCUT2D eigenvalue weighted by Gasteiger charge is 2.04. The van der Waals surface area contributed by atoms with Crippen molar-refractivity contribution in [3.63, 3.8) is 0 Å². The van der Waals surface area contributed by atoms with Gasteiger partial charge in [0.05, 0.1) is 11.2 Å². The summed E-state index contributed by atoms with van der Waals surface area (Å²) in [6.45, 7) is 3.81. The first kappa shape index (κ1) is 15.4. The number of nitrogens with zero attached hydrogens (tertiary/aromatic N) is 2. The molecule has 116 valence electrons. The van der Waals surface area contributed by atoms with E-state index in [0.717, 1.165) is 22.0 Å². The van der Waals surface area contributed by atoms with Crippen LogP contribution in [0.1, 0.15) is 18.1 Å². The average molecular weight is 328 g/mol. The van der Waals surface area contributed by atoms with Crippen molar-refractivity contribution in [3.8, 4) is 0 Å². The molecule has 0 aliphatic heterocycles. The van der Waals surface area contributed by atoms with Gasteiger partial charge in [0, 0.05) is 16.0 Å². The minimum atomic E-state index is -0.284. The number of fused-ring (bicyclic) bond motifs is 1. The molecule has 0 amide bonds. The Morgan fingerprint density at radius 1 is 1.17 bits per heavy atom. The molecule has 0 atom stereocenters. The number of aromatic nitrogens is 1. The van der Waals surface area contributed by atoms with Crippen molar-refractivity contribution in [3.05, 3.63) is 70.5 Å².